The van der Waals surface area contributed by atoms with E-state index in [-0.39, 0.29) is 0 Å². The molecule has 0 heterocycles. The van der Waals surface area contributed by atoms with Crippen LogP contribution in [0.5, 0.6) is 5.75 Å². The molecule has 0 fully saturated rings. The van der Waals surface area contributed by atoms with Gasteiger partial charge in [-0.15, -0.1) is 0 Å². The first-order valence-electron chi connectivity index (χ1n) is 7.14. The van der Waals surface area contributed by atoms with E-state index in [1.807, 2.05) is 0 Å². The van der Waals surface area contributed by atoms with Gasteiger partial charge in [0.05, 0.1) is 0 Å². The summed E-state index contributed by atoms with van der Waals surface area (Å²) in [5.41, 5.74) is 5.87. The molecule has 2 aromatic carbocycles. The van der Waals surface area contributed by atoms with E-state index in [0.29, 0.717) is 5.75 Å². The van der Waals surface area contributed by atoms with E-state index in [1.165, 1.54) is 16.7 Å². The van der Waals surface area contributed by atoms with Crippen LogP contribution in [0.1, 0.15) is 37.5 Å². The second-order valence-corrected chi connectivity index (χ2v) is 4.82. The molecular weight excluding hydrogens is 232 g/mol. The number of phenolic OH excluding ortho intramolecular Hbond substituents is 1. The van der Waals surface area contributed by atoms with Gasteiger partial charge in [-0.25, -0.2) is 0 Å². The van der Waals surface area contributed by atoms with Crippen LogP contribution in [0.3, 0.4) is 0 Å². The highest BCUT2D eigenvalue weighted by atomic mass is 16.3. The minimum Gasteiger partial charge on any atom is -0.507 e. The molecule has 2 rings (SSSR count). The topological polar surface area (TPSA) is 20.2 Å². The number of hydrogen-bond acceptors (Lipinski definition) is 1. The van der Waals surface area contributed by atoms with Crippen LogP contribution in [0.25, 0.3) is 11.1 Å². The molecular formula is C18H22O. The van der Waals surface area contributed by atoms with Crippen molar-refractivity contribution in [2.75, 3.05) is 0 Å². The molecule has 1 nitrogen and oxygen atoms in total. The predicted octanol–water partition coefficient (Wildman–Crippen LogP) is 4.75. The molecule has 0 unspecified atom stereocenters. The predicted molar refractivity (Wildman–Crippen MR) is 81.7 cm³/mol. The summed E-state index contributed by atoms with van der Waals surface area (Å²) in [5, 5.41) is 10.4. The summed E-state index contributed by atoms with van der Waals surface area (Å²) in [6.45, 7) is 6.35. The maximum atomic E-state index is 10.4. The maximum Gasteiger partial charge on any atom is 0.122 e. The third-order valence-corrected chi connectivity index (χ3v) is 3.79. The van der Waals surface area contributed by atoms with E-state index < -0.39 is 0 Å². The van der Waals surface area contributed by atoms with E-state index in [2.05, 4.69) is 57.2 Å². The molecule has 0 aliphatic rings. The molecule has 1 heteroatoms. The van der Waals surface area contributed by atoms with Crippen molar-refractivity contribution in [3.05, 3.63) is 53.1 Å². The minimum atomic E-state index is 0.480. The first kappa shape index (κ1) is 13.7. The van der Waals surface area contributed by atoms with Crippen molar-refractivity contribution >= 4 is 0 Å². The van der Waals surface area contributed by atoms with Crippen molar-refractivity contribution in [3.63, 3.8) is 0 Å². The first-order chi connectivity index (χ1) is 9.22. The van der Waals surface area contributed by atoms with E-state index >= 15 is 0 Å². The Morgan fingerprint density at radius 1 is 0.737 bits per heavy atom. The lowest BCUT2D eigenvalue weighted by molar-refractivity contribution is 0.463. The Kier molecular flexibility index (Phi) is 4.26. The van der Waals surface area contributed by atoms with Gasteiger partial charge in [-0.3, -0.25) is 0 Å². The van der Waals surface area contributed by atoms with Crippen molar-refractivity contribution in [1.82, 2.24) is 0 Å². The molecule has 0 aliphatic carbocycles. The zero-order valence-corrected chi connectivity index (χ0v) is 12.0. The summed E-state index contributed by atoms with van der Waals surface area (Å²) in [4.78, 5) is 0. The lowest BCUT2D eigenvalue weighted by atomic mass is 9.91. The smallest absolute Gasteiger partial charge is 0.122 e. The molecule has 100 valence electrons. The van der Waals surface area contributed by atoms with Gasteiger partial charge in [0.15, 0.2) is 0 Å². The van der Waals surface area contributed by atoms with Crippen LogP contribution in [-0.4, -0.2) is 5.11 Å². The van der Waals surface area contributed by atoms with Crippen molar-refractivity contribution in [1.29, 1.82) is 0 Å². The number of aryl methyl sites for hydroxylation is 2. The Hall–Kier alpha value is -1.76. The van der Waals surface area contributed by atoms with Gasteiger partial charge >= 0.3 is 0 Å². The Balaban J connectivity index is 2.65. The Bertz CT molecular complexity index is 570. The van der Waals surface area contributed by atoms with Gasteiger partial charge in [-0.1, -0.05) is 57.2 Å². The number of hydrogen-bond donors (Lipinski definition) is 1. The summed E-state index contributed by atoms with van der Waals surface area (Å²) in [5.74, 6) is 0.480. The van der Waals surface area contributed by atoms with E-state index in [9.17, 15) is 5.11 Å². The average molecular weight is 254 g/mol. The van der Waals surface area contributed by atoms with E-state index in [4.69, 9.17) is 0 Å². The fraction of sp³-hybridized carbons (Fsp3) is 0.333. The number of rotatable bonds is 4. The molecule has 0 atom stereocenters. The molecule has 2 aromatic rings. The molecule has 0 spiro atoms. The van der Waals surface area contributed by atoms with Gasteiger partial charge in [0.2, 0.25) is 0 Å². The molecule has 0 saturated heterocycles. The zero-order chi connectivity index (χ0) is 13.8. The Morgan fingerprint density at radius 3 is 2.05 bits per heavy atom. The lowest BCUT2D eigenvalue weighted by Gasteiger charge is -2.15. The minimum absolute atomic E-state index is 0.480. The molecule has 0 saturated carbocycles. The molecule has 1 N–H and O–H groups in total. The van der Waals surface area contributed by atoms with Crippen molar-refractivity contribution < 1.29 is 5.11 Å². The fourth-order valence-corrected chi connectivity index (χ4v) is 2.67. The third kappa shape index (κ3) is 2.51. The Labute approximate surface area is 115 Å². The molecule has 0 bridgehead atoms. The van der Waals surface area contributed by atoms with Crippen LogP contribution in [-0.2, 0) is 19.3 Å². The summed E-state index contributed by atoms with van der Waals surface area (Å²) in [7, 11) is 0. The molecule has 0 aromatic heterocycles. The second kappa shape index (κ2) is 5.92. The van der Waals surface area contributed by atoms with Crippen molar-refractivity contribution in [2.45, 2.75) is 40.0 Å². The molecule has 0 aliphatic heterocycles. The maximum absolute atomic E-state index is 10.4. The number of benzene rings is 2. The second-order valence-electron chi connectivity index (χ2n) is 4.82. The van der Waals surface area contributed by atoms with E-state index in [1.54, 1.807) is 0 Å². The fourth-order valence-electron chi connectivity index (χ4n) is 2.67. The average Bonchev–Trinajstić information content (AvgIpc) is 2.46. The van der Waals surface area contributed by atoms with Gasteiger partial charge in [-0.2, -0.15) is 0 Å². The third-order valence-electron chi connectivity index (χ3n) is 3.79. The molecule has 19 heavy (non-hydrogen) atoms. The van der Waals surface area contributed by atoms with Crippen LogP contribution in [0.2, 0.25) is 0 Å². The highest BCUT2D eigenvalue weighted by Crippen LogP contribution is 2.35. The van der Waals surface area contributed by atoms with Crippen LogP contribution in [0.4, 0.5) is 0 Å². The van der Waals surface area contributed by atoms with Gasteiger partial charge in [-0.05, 0) is 41.5 Å². The van der Waals surface area contributed by atoms with Gasteiger partial charge < -0.3 is 5.11 Å². The quantitative estimate of drug-likeness (QED) is 0.835. The number of aromatic hydroxyl groups is 1. The standard InChI is InChI=1S/C18H22O/c1-4-13-9-7-8-10-16(13)17-12-11-14(5-2)18(19)15(17)6-3/h7-12,19H,4-6H2,1-3H3. The normalized spacial score (nSPS) is 10.7. The van der Waals surface area contributed by atoms with Crippen LogP contribution < -0.4 is 0 Å². The monoisotopic (exact) mass is 254 g/mol. The zero-order valence-electron chi connectivity index (χ0n) is 12.0. The summed E-state index contributed by atoms with van der Waals surface area (Å²) in [6, 6.07) is 12.7. The summed E-state index contributed by atoms with van der Waals surface area (Å²) >= 11 is 0. The van der Waals surface area contributed by atoms with Gasteiger partial charge in [0.25, 0.3) is 0 Å². The number of phenols is 1. The SMILES string of the molecule is CCc1ccccc1-c1ccc(CC)c(O)c1CC. The summed E-state index contributed by atoms with van der Waals surface area (Å²) in [6.07, 6.45) is 2.73. The lowest BCUT2D eigenvalue weighted by Crippen LogP contribution is -1.95. The van der Waals surface area contributed by atoms with Crippen LogP contribution in [0, 0.1) is 0 Å². The Morgan fingerprint density at radius 2 is 1.42 bits per heavy atom. The van der Waals surface area contributed by atoms with Crippen LogP contribution in [0.15, 0.2) is 36.4 Å². The highest BCUT2D eigenvalue weighted by molar-refractivity contribution is 5.74. The largest absolute Gasteiger partial charge is 0.507 e. The van der Waals surface area contributed by atoms with Gasteiger partial charge in [0, 0.05) is 5.56 Å². The highest BCUT2D eigenvalue weighted by Gasteiger charge is 2.13. The first-order valence-corrected chi connectivity index (χ1v) is 7.14. The molecule has 0 radical (unpaired) electrons. The van der Waals surface area contributed by atoms with E-state index in [0.717, 1.165) is 30.4 Å². The van der Waals surface area contributed by atoms with Gasteiger partial charge in [0.1, 0.15) is 5.75 Å². The van der Waals surface area contributed by atoms with Crippen molar-refractivity contribution in [3.8, 4) is 16.9 Å². The summed E-state index contributed by atoms with van der Waals surface area (Å²) < 4.78 is 0. The molecule has 0 amide bonds. The van der Waals surface area contributed by atoms with Crippen molar-refractivity contribution in [2.24, 2.45) is 0 Å². The van der Waals surface area contributed by atoms with Crippen LogP contribution >= 0.6 is 0 Å².